The molecule has 1 aromatic heterocycles. The van der Waals surface area contributed by atoms with Crippen LogP contribution in [0.4, 0.5) is 24.8 Å². The lowest BCUT2D eigenvalue weighted by Gasteiger charge is -2.29. The highest BCUT2D eigenvalue weighted by atomic mass is 19.4. The maximum atomic E-state index is 12.6. The molecule has 0 unspecified atom stereocenters. The topological polar surface area (TPSA) is 67.1 Å². The van der Waals surface area contributed by atoms with Crippen molar-refractivity contribution >= 4 is 11.6 Å². The average Bonchev–Trinajstić information content (AvgIpc) is 2.30. The summed E-state index contributed by atoms with van der Waals surface area (Å²) < 4.78 is 37.7. The number of nitrogens with one attached hydrogen (secondary N) is 1. The van der Waals surface area contributed by atoms with E-state index in [1.54, 1.807) is 0 Å². The van der Waals surface area contributed by atoms with Crippen molar-refractivity contribution in [2.45, 2.75) is 25.1 Å². The third-order valence-electron chi connectivity index (χ3n) is 3.07. The summed E-state index contributed by atoms with van der Waals surface area (Å²) in [5.41, 5.74) is 5.38. The second kappa shape index (κ2) is 5.20. The molecule has 1 aliphatic heterocycles. The minimum atomic E-state index is -4.58. The van der Waals surface area contributed by atoms with E-state index in [2.05, 4.69) is 20.2 Å². The number of alkyl halides is 3. The van der Waals surface area contributed by atoms with Crippen LogP contribution in [0.15, 0.2) is 6.07 Å². The van der Waals surface area contributed by atoms with Crippen LogP contribution in [0.2, 0.25) is 0 Å². The molecule has 1 fully saturated rings. The number of nitrogens with zero attached hydrogens (tertiary/aromatic N) is 3. The van der Waals surface area contributed by atoms with Crippen molar-refractivity contribution in [1.29, 1.82) is 0 Å². The van der Waals surface area contributed by atoms with Gasteiger partial charge in [0, 0.05) is 12.1 Å². The molecule has 1 saturated heterocycles. The quantitative estimate of drug-likeness (QED) is 0.858. The van der Waals surface area contributed by atoms with Crippen LogP contribution in [0.1, 0.15) is 18.7 Å². The fraction of sp³-hybridized carbons (Fsp3) is 0.636. The van der Waals surface area contributed by atoms with E-state index in [4.69, 9.17) is 5.73 Å². The molecule has 0 aliphatic carbocycles. The summed E-state index contributed by atoms with van der Waals surface area (Å²) >= 11 is 0. The second-order valence-corrected chi connectivity index (χ2v) is 4.72. The van der Waals surface area contributed by atoms with E-state index in [0.29, 0.717) is 0 Å². The van der Waals surface area contributed by atoms with Gasteiger partial charge in [-0.15, -0.1) is 0 Å². The van der Waals surface area contributed by atoms with Gasteiger partial charge in [-0.2, -0.15) is 13.2 Å². The number of nitrogens with two attached hydrogens (primary N) is 1. The number of likely N-dealkylation sites (tertiary alicyclic amines) is 1. The van der Waals surface area contributed by atoms with Gasteiger partial charge in [-0.1, -0.05) is 0 Å². The molecule has 1 aromatic rings. The maximum absolute atomic E-state index is 12.6. The van der Waals surface area contributed by atoms with Gasteiger partial charge in [-0.3, -0.25) is 0 Å². The minimum absolute atomic E-state index is 0.117. The zero-order valence-corrected chi connectivity index (χ0v) is 10.5. The number of aromatic nitrogens is 2. The molecule has 0 bridgehead atoms. The zero-order chi connectivity index (χ0) is 14.0. The summed E-state index contributed by atoms with van der Waals surface area (Å²) in [6.07, 6.45) is -2.86. The van der Waals surface area contributed by atoms with Crippen molar-refractivity contribution in [2.24, 2.45) is 0 Å². The number of nitrogen functional groups attached to an aromatic ring is 1. The summed E-state index contributed by atoms with van der Waals surface area (Å²) in [4.78, 5) is 8.86. The Morgan fingerprint density at radius 3 is 2.53 bits per heavy atom. The number of rotatable bonds is 2. The van der Waals surface area contributed by atoms with Gasteiger partial charge in [0.1, 0.15) is 11.6 Å². The molecule has 8 heteroatoms. The Bertz CT molecular complexity index is 440. The molecule has 19 heavy (non-hydrogen) atoms. The first-order valence-electron chi connectivity index (χ1n) is 6.01. The molecule has 106 valence electrons. The van der Waals surface area contributed by atoms with Gasteiger partial charge in [0.2, 0.25) is 5.82 Å². The lowest BCUT2D eigenvalue weighted by molar-refractivity contribution is -0.144. The Labute approximate surface area is 109 Å². The summed E-state index contributed by atoms with van der Waals surface area (Å²) in [6, 6.07) is 1.44. The lowest BCUT2D eigenvalue weighted by Crippen LogP contribution is -2.37. The molecule has 2 rings (SSSR count). The first kappa shape index (κ1) is 13.9. The van der Waals surface area contributed by atoms with Crippen LogP contribution < -0.4 is 11.1 Å². The largest absolute Gasteiger partial charge is 0.451 e. The van der Waals surface area contributed by atoms with Crippen molar-refractivity contribution in [1.82, 2.24) is 14.9 Å². The summed E-state index contributed by atoms with van der Waals surface area (Å²) in [5.74, 6) is -1.25. The molecule has 0 aromatic carbocycles. The van der Waals surface area contributed by atoms with Gasteiger partial charge < -0.3 is 16.0 Å². The Hall–Kier alpha value is -1.57. The molecule has 0 radical (unpaired) electrons. The molecular formula is C11H16F3N5. The fourth-order valence-corrected chi connectivity index (χ4v) is 2.03. The van der Waals surface area contributed by atoms with E-state index >= 15 is 0 Å². The highest BCUT2D eigenvalue weighted by molar-refractivity contribution is 5.45. The monoisotopic (exact) mass is 275 g/mol. The molecule has 0 atom stereocenters. The average molecular weight is 275 g/mol. The standard InChI is InChI=1S/C11H16F3N5/c1-19-4-2-7(3-5-19)16-9-6-8(15)17-10(18-9)11(12,13)14/h6-7H,2-5H2,1H3,(H3,15,16,17,18). The second-order valence-electron chi connectivity index (χ2n) is 4.72. The number of hydrogen-bond acceptors (Lipinski definition) is 5. The van der Waals surface area contributed by atoms with Crippen LogP contribution in [0.5, 0.6) is 0 Å². The van der Waals surface area contributed by atoms with E-state index in [1.807, 2.05) is 7.05 Å². The number of hydrogen-bond donors (Lipinski definition) is 2. The SMILES string of the molecule is CN1CCC(Nc2cc(N)nc(C(F)(F)F)n2)CC1. The van der Waals surface area contributed by atoms with E-state index in [0.717, 1.165) is 25.9 Å². The molecule has 3 N–H and O–H groups in total. The Kier molecular flexibility index (Phi) is 3.79. The Morgan fingerprint density at radius 1 is 1.32 bits per heavy atom. The van der Waals surface area contributed by atoms with Gasteiger partial charge in [0.25, 0.3) is 0 Å². The van der Waals surface area contributed by atoms with E-state index in [-0.39, 0.29) is 17.7 Å². The van der Waals surface area contributed by atoms with Crippen molar-refractivity contribution in [3.05, 3.63) is 11.9 Å². The Balaban J connectivity index is 2.10. The summed E-state index contributed by atoms with van der Waals surface area (Å²) in [6.45, 7) is 1.81. The van der Waals surface area contributed by atoms with Gasteiger partial charge in [0.15, 0.2) is 0 Å². The first-order valence-corrected chi connectivity index (χ1v) is 6.01. The van der Waals surface area contributed by atoms with Crippen LogP contribution in [-0.4, -0.2) is 41.0 Å². The number of halogens is 3. The van der Waals surface area contributed by atoms with Crippen LogP contribution >= 0.6 is 0 Å². The van der Waals surface area contributed by atoms with Crippen molar-refractivity contribution in [3.8, 4) is 0 Å². The molecule has 5 nitrogen and oxygen atoms in total. The van der Waals surface area contributed by atoms with E-state index < -0.39 is 12.0 Å². The normalized spacial score (nSPS) is 18.5. The van der Waals surface area contributed by atoms with Gasteiger partial charge in [-0.25, -0.2) is 9.97 Å². The van der Waals surface area contributed by atoms with Crippen molar-refractivity contribution < 1.29 is 13.2 Å². The third-order valence-corrected chi connectivity index (χ3v) is 3.07. The van der Waals surface area contributed by atoms with Crippen LogP contribution in [0, 0.1) is 0 Å². The smallest absolute Gasteiger partial charge is 0.384 e. The van der Waals surface area contributed by atoms with Crippen molar-refractivity contribution in [2.75, 3.05) is 31.2 Å². The van der Waals surface area contributed by atoms with E-state index in [1.165, 1.54) is 6.07 Å². The predicted molar refractivity (Wildman–Crippen MR) is 65.6 cm³/mol. The van der Waals surface area contributed by atoms with Gasteiger partial charge in [0.05, 0.1) is 0 Å². The fourth-order valence-electron chi connectivity index (χ4n) is 2.03. The zero-order valence-electron chi connectivity index (χ0n) is 10.5. The first-order chi connectivity index (χ1) is 8.84. The maximum Gasteiger partial charge on any atom is 0.451 e. The molecule has 2 heterocycles. The summed E-state index contributed by atoms with van der Waals surface area (Å²) in [7, 11) is 2.01. The predicted octanol–water partition coefficient (Wildman–Crippen LogP) is 1.58. The number of anilines is 2. The van der Waals surface area contributed by atoms with Crippen LogP contribution in [0.3, 0.4) is 0 Å². The minimum Gasteiger partial charge on any atom is -0.384 e. The van der Waals surface area contributed by atoms with Gasteiger partial charge in [-0.05, 0) is 33.0 Å². The highest BCUT2D eigenvalue weighted by Crippen LogP contribution is 2.28. The molecular weight excluding hydrogens is 259 g/mol. The molecule has 1 aliphatic rings. The van der Waals surface area contributed by atoms with Crippen LogP contribution in [0.25, 0.3) is 0 Å². The Morgan fingerprint density at radius 2 is 1.95 bits per heavy atom. The third kappa shape index (κ3) is 3.69. The molecule has 0 amide bonds. The van der Waals surface area contributed by atoms with Crippen LogP contribution in [-0.2, 0) is 6.18 Å². The molecule has 0 spiro atoms. The molecule has 0 saturated carbocycles. The van der Waals surface area contributed by atoms with Crippen molar-refractivity contribution in [3.63, 3.8) is 0 Å². The highest BCUT2D eigenvalue weighted by Gasteiger charge is 2.35. The van der Waals surface area contributed by atoms with E-state index in [9.17, 15) is 13.2 Å². The lowest BCUT2D eigenvalue weighted by atomic mass is 10.1. The summed E-state index contributed by atoms with van der Waals surface area (Å²) in [5, 5.41) is 3.00. The number of piperidine rings is 1. The van der Waals surface area contributed by atoms with Gasteiger partial charge >= 0.3 is 6.18 Å².